The maximum absolute atomic E-state index is 6.04. The van der Waals surface area contributed by atoms with Crippen LogP contribution in [0.1, 0.15) is 49.9 Å². The summed E-state index contributed by atoms with van der Waals surface area (Å²) >= 11 is 3.60. The highest BCUT2D eigenvalue weighted by atomic mass is 79.9. The number of aromatic nitrogens is 2. The fourth-order valence-corrected chi connectivity index (χ4v) is 3.41. The van der Waals surface area contributed by atoms with E-state index in [0.29, 0.717) is 6.61 Å². The van der Waals surface area contributed by atoms with Gasteiger partial charge in [0.05, 0.1) is 16.7 Å². The molecule has 142 valence electrons. The van der Waals surface area contributed by atoms with Crippen molar-refractivity contribution in [2.75, 3.05) is 24.6 Å². The Morgan fingerprint density at radius 1 is 1.12 bits per heavy atom. The molecule has 0 spiro atoms. The second kappa shape index (κ2) is 10.5. The van der Waals surface area contributed by atoms with Crippen LogP contribution in [-0.4, -0.2) is 29.7 Å². The first kappa shape index (κ1) is 20.7. The monoisotopic (exact) mass is 419 g/mol. The highest BCUT2D eigenvalue weighted by Gasteiger charge is 2.12. The third kappa shape index (κ3) is 5.70. The molecule has 0 amide bonds. The molecule has 0 radical (unpaired) electrons. The van der Waals surface area contributed by atoms with Crippen molar-refractivity contribution in [2.24, 2.45) is 0 Å². The summed E-state index contributed by atoms with van der Waals surface area (Å²) in [5.41, 5.74) is 3.56. The van der Waals surface area contributed by atoms with E-state index in [-0.39, 0.29) is 0 Å². The molecule has 0 unspecified atom stereocenters. The van der Waals surface area contributed by atoms with Gasteiger partial charge in [0.2, 0.25) is 0 Å². The molecule has 2 aromatic rings. The predicted octanol–water partition coefficient (Wildman–Crippen LogP) is 5.49. The fraction of sp³-hybridized carbons (Fsp3) is 0.524. The minimum absolute atomic E-state index is 0.624. The first-order valence-electron chi connectivity index (χ1n) is 9.51. The van der Waals surface area contributed by atoms with E-state index in [1.807, 2.05) is 6.92 Å². The summed E-state index contributed by atoms with van der Waals surface area (Å²) in [6.07, 6.45) is 6.58. The lowest BCUT2D eigenvalue weighted by atomic mass is 10.0. The molecule has 4 nitrogen and oxygen atoms in total. The van der Waals surface area contributed by atoms with Crippen molar-refractivity contribution in [1.29, 1.82) is 0 Å². The van der Waals surface area contributed by atoms with Crippen molar-refractivity contribution in [3.8, 4) is 5.75 Å². The molecule has 1 aromatic heterocycles. The average molecular weight is 420 g/mol. The van der Waals surface area contributed by atoms with Gasteiger partial charge in [-0.2, -0.15) is 0 Å². The van der Waals surface area contributed by atoms with Crippen molar-refractivity contribution in [1.82, 2.24) is 9.97 Å². The molecule has 26 heavy (non-hydrogen) atoms. The Hall–Kier alpha value is -1.62. The molecule has 1 aromatic carbocycles. The molecule has 0 fully saturated rings. The molecule has 2 rings (SSSR count). The standard InChI is InChI=1S/C21H30BrN3O/c1-5-7-8-9-18-10-11-19(16(3)14-18)26-13-12-25(6-2)21-20(22)17(4)23-15-24-21/h10-11,14-15H,5-9,12-13H2,1-4H3. The fourth-order valence-electron chi connectivity index (χ4n) is 2.95. The number of likely N-dealkylation sites (N-methyl/N-ethyl adjacent to an activating group) is 1. The van der Waals surface area contributed by atoms with Crippen molar-refractivity contribution >= 4 is 21.7 Å². The summed E-state index contributed by atoms with van der Waals surface area (Å²) in [7, 11) is 0. The summed E-state index contributed by atoms with van der Waals surface area (Å²) in [5, 5.41) is 0. The van der Waals surface area contributed by atoms with Crippen LogP contribution in [0.2, 0.25) is 0 Å². The van der Waals surface area contributed by atoms with Crippen LogP contribution in [0.25, 0.3) is 0 Å². The van der Waals surface area contributed by atoms with Crippen molar-refractivity contribution in [3.63, 3.8) is 0 Å². The molecular formula is C21H30BrN3O. The summed E-state index contributed by atoms with van der Waals surface area (Å²) in [6.45, 7) is 10.7. The van der Waals surface area contributed by atoms with Crippen LogP contribution >= 0.6 is 15.9 Å². The van der Waals surface area contributed by atoms with E-state index in [0.717, 1.165) is 41.2 Å². The summed E-state index contributed by atoms with van der Waals surface area (Å²) in [5.74, 6) is 1.89. The van der Waals surface area contributed by atoms with Gasteiger partial charge in [-0.25, -0.2) is 9.97 Å². The van der Waals surface area contributed by atoms with E-state index in [9.17, 15) is 0 Å². The van der Waals surface area contributed by atoms with E-state index in [1.54, 1.807) is 6.33 Å². The van der Waals surface area contributed by atoms with Gasteiger partial charge in [0.25, 0.3) is 0 Å². The van der Waals surface area contributed by atoms with E-state index < -0.39 is 0 Å². The summed E-state index contributed by atoms with van der Waals surface area (Å²) < 4.78 is 6.99. The van der Waals surface area contributed by atoms with Crippen LogP contribution in [-0.2, 0) is 6.42 Å². The molecule has 5 heteroatoms. The Kier molecular flexibility index (Phi) is 8.36. The van der Waals surface area contributed by atoms with Gasteiger partial charge in [-0.3, -0.25) is 0 Å². The zero-order valence-electron chi connectivity index (χ0n) is 16.4. The van der Waals surface area contributed by atoms with Gasteiger partial charge in [0.15, 0.2) is 0 Å². The van der Waals surface area contributed by atoms with Crippen LogP contribution in [0.4, 0.5) is 5.82 Å². The van der Waals surface area contributed by atoms with Gasteiger partial charge >= 0.3 is 0 Å². The Labute approximate surface area is 166 Å². The number of benzene rings is 1. The topological polar surface area (TPSA) is 38.2 Å². The van der Waals surface area contributed by atoms with Crippen molar-refractivity contribution in [2.45, 2.75) is 53.4 Å². The predicted molar refractivity (Wildman–Crippen MR) is 112 cm³/mol. The first-order valence-corrected chi connectivity index (χ1v) is 10.3. The van der Waals surface area contributed by atoms with Crippen LogP contribution < -0.4 is 9.64 Å². The SMILES string of the molecule is CCCCCc1ccc(OCCN(CC)c2ncnc(C)c2Br)c(C)c1. The van der Waals surface area contributed by atoms with Gasteiger partial charge in [-0.05, 0) is 66.7 Å². The Morgan fingerprint density at radius 3 is 2.62 bits per heavy atom. The molecule has 1 heterocycles. The molecule has 0 saturated heterocycles. The van der Waals surface area contributed by atoms with E-state index in [4.69, 9.17) is 4.74 Å². The number of ether oxygens (including phenoxy) is 1. The third-order valence-corrected chi connectivity index (χ3v) is 5.48. The smallest absolute Gasteiger partial charge is 0.146 e. The lowest BCUT2D eigenvalue weighted by Crippen LogP contribution is -2.29. The van der Waals surface area contributed by atoms with Crippen molar-refractivity contribution in [3.05, 3.63) is 45.8 Å². The maximum atomic E-state index is 6.04. The van der Waals surface area contributed by atoms with Crippen molar-refractivity contribution < 1.29 is 4.74 Å². The average Bonchev–Trinajstić information content (AvgIpc) is 2.63. The number of aryl methyl sites for hydroxylation is 3. The van der Waals surface area contributed by atoms with Crippen LogP contribution in [0, 0.1) is 13.8 Å². The highest BCUT2D eigenvalue weighted by Crippen LogP contribution is 2.25. The van der Waals surface area contributed by atoms with Gasteiger partial charge in [-0.15, -0.1) is 0 Å². The number of nitrogens with zero attached hydrogens (tertiary/aromatic N) is 3. The molecule has 0 aliphatic rings. The molecule has 0 saturated carbocycles. The minimum Gasteiger partial charge on any atom is -0.491 e. The third-order valence-electron chi connectivity index (χ3n) is 4.55. The number of rotatable bonds is 10. The van der Waals surface area contributed by atoms with E-state index >= 15 is 0 Å². The zero-order chi connectivity index (χ0) is 18.9. The second-order valence-corrected chi connectivity index (χ2v) is 7.37. The van der Waals surface area contributed by atoms with Gasteiger partial charge < -0.3 is 9.64 Å². The second-order valence-electron chi connectivity index (χ2n) is 6.58. The molecule has 0 atom stereocenters. The van der Waals surface area contributed by atoms with Crippen LogP contribution in [0.5, 0.6) is 5.75 Å². The number of halogens is 1. The Balaban J connectivity index is 1.92. The Bertz CT molecular complexity index is 706. The van der Waals surface area contributed by atoms with Gasteiger partial charge in [0.1, 0.15) is 24.5 Å². The largest absolute Gasteiger partial charge is 0.491 e. The molecule has 0 N–H and O–H groups in total. The minimum atomic E-state index is 0.624. The van der Waals surface area contributed by atoms with Gasteiger partial charge in [0, 0.05) is 6.54 Å². The normalized spacial score (nSPS) is 10.8. The number of anilines is 1. The quantitative estimate of drug-likeness (QED) is 0.476. The summed E-state index contributed by atoms with van der Waals surface area (Å²) in [4.78, 5) is 10.8. The van der Waals surface area contributed by atoms with Crippen LogP contribution in [0.15, 0.2) is 29.0 Å². The molecule has 0 aliphatic carbocycles. The van der Waals surface area contributed by atoms with E-state index in [2.05, 4.69) is 69.8 Å². The number of hydrogen-bond acceptors (Lipinski definition) is 4. The zero-order valence-corrected chi connectivity index (χ0v) is 18.0. The molecular weight excluding hydrogens is 390 g/mol. The molecule has 0 bridgehead atoms. The Morgan fingerprint density at radius 2 is 1.92 bits per heavy atom. The van der Waals surface area contributed by atoms with Gasteiger partial charge in [-0.1, -0.05) is 31.9 Å². The highest BCUT2D eigenvalue weighted by molar-refractivity contribution is 9.10. The first-order chi connectivity index (χ1) is 12.6. The summed E-state index contributed by atoms with van der Waals surface area (Å²) in [6, 6.07) is 6.56. The lowest BCUT2D eigenvalue weighted by Gasteiger charge is -2.23. The van der Waals surface area contributed by atoms with Crippen LogP contribution in [0.3, 0.4) is 0 Å². The van der Waals surface area contributed by atoms with E-state index in [1.165, 1.54) is 30.4 Å². The maximum Gasteiger partial charge on any atom is 0.146 e. The molecule has 0 aliphatic heterocycles. The lowest BCUT2D eigenvalue weighted by molar-refractivity contribution is 0.321. The number of unbranched alkanes of at least 4 members (excludes halogenated alkanes) is 2. The number of hydrogen-bond donors (Lipinski definition) is 0.